The van der Waals surface area contributed by atoms with Gasteiger partial charge in [0.1, 0.15) is 5.82 Å². The molecule has 0 unspecified atom stereocenters. The highest BCUT2D eigenvalue weighted by molar-refractivity contribution is 7.80. The van der Waals surface area contributed by atoms with Crippen LogP contribution in [0.2, 0.25) is 5.02 Å². The van der Waals surface area contributed by atoms with Gasteiger partial charge in [0.05, 0.1) is 0 Å². The normalized spacial score (nSPS) is 10.7. The van der Waals surface area contributed by atoms with Gasteiger partial charge in [0.15, 0.2) is 10.8 Å². The van der Waals surface area contributed by atoms with Crippen LogP contribution in [0, 0.1) is 6.92 Å². The molecule has 2 rings (SSSR count). The van der Waals surface area contributed by atoms with Crippen LogP contribution < -0.4 is 27.2 Å². The van der Waals surface area contributed by atoms with Gasteiger partial charge in [0, 0.05) is 23.8 Å². The highest BCUT2D eigenvalue weighted by atomic mass is 35.5. The van der Waals surface area contributed by atoms with Crippen LogP contribution in [0.15, 0.2) is 27.8 Å². The monoisotopic (exact) mass is 409 g/mol. The molecule has 7 nitrogen and oxygen atoms in total. The van der Waals surface area contributed by atoms with E-state index >= 15 is 0 Å². The maximum Gasteiger partial charge on any atom is 0.330 e. The van der Waals surface area contributed by atoms with E-state index in [1.54, 1.807) is 11.0 Å². The summed E-state index contributed by atoms with van der Waals surface area (Å²) in [6.07, 6.45) is 1.66. The molecule has 1 aromatic heterocycles. The average Bonchev–Trinajstić information content (AvgIpc) is 2.62. The number of nitrogens with two attached hydrogens (primary N) is 1. The first-order chi connectivity index (χ1) is 12.8. The fourth-order valence-electron chi connectivity index (χ4n) is 2.71. The maximum absolute atomic E-state index is 12.5. The Bertz CT molecular complexity index is 954. The predicted molar refractivity (Wildman–Crippen MR) is 116 cm³/mol. The van der Waals surface area contributed by atoms with Crippen molar-refractivity contribution in [3.8, 4) is 0 Å². The largest absolute Gasteiger partial charge is 0.383 e. The second kappa shape index (κ2) is 9.05. The summed E-state index contributed by atoms with van der Waals surface area (Å²) in [6.45, 7) is 6.55. The summed E-state index contributed by atoms with van der Waals surface area (Å²) in [5.41, 5.74) is 6.83. The Morgan fingerprint density at radius 1 is 1.37 bits per heavy atom. The third kappa shape index (κ3) is 4.51. The molecular formula is C18H24ClN5O2S. The van der Waals surface area contributed by atoms with Crippen LogP contribution in [-0.2, 0) is 6.54 Å². The molecule has 0 saturated carbocycles. The molecule has 0 aliphatic heterocycles. The van der Waals surface area contributed by atoms with Crippen molar-refractivity contribution in [1.29, 1.82) is 0 Å². The number of anilines is 3. The van der Waals surface area contributed by atoms with Gasteiger partial charge in [-0.2, -0.15) is 0 Å². The van der Waals surface area contributed by atoms with E-state index in [0.29, 0.717) is 23.2 Å². The Balaban J connectivity index is 2.44. The molecule has 0 aliphatic carbocycles. The number of nitrogens with zero attached hydrogens (tertiary/aromatic N) is 2. The molecular weight excluding hydrogens is 386 g/mol. The third-order valence-electron chi connectivity index (χ3n) is 4.29. The molecule has 0 atom stereocenters. The summed E-state index contributed by atoms with van der Waals surface area (Å²) in [5.74, 6) is 0.103. The Labute approximate surface area is 168 Å². The first kappa shape index (κ1) is 21.0. The summed E-state index contributed by atoms with van der Waals surface area (Å²) in [4.78, 5) is 28.5. The predicted octanol–water partition coefficient (Wildman–Crippen LogP) is 3.10. The van der Waals surface area contributed by atoms with Crippen LogP contribution >= 0.6 is 23.8 Å². The van der Waals surface area contributed by atoms with Gasteiger partial charge in [-0.3, -0.25) is 14.3 Å². The Morgan fingerprint density at radius 2 is 2.07 bits per heavy atom. The number of halogens is 1. The van der Waals surface area contributed by atoms with E-state index in [0.717, 1.165) is 24.1 Å². The molecule has 9 heteroatoms. The van der Waals surface area contributed by atoms with Crippen LogP contribution in [0.5, 0.6) is 0 Å². The van der Waals surface area contributed by atoms with E-state index in [1.807, 2.05) is 32.9 Å². The summed E-state index contributed by atoms with van der Waals surface area (Å²) < 4.78 is 1.37. The number of rotatable bonds is 6. The zero-order valence-electron chi connectivity index (χ0n) is 15.6. The quantitative estimate of drug-likeness (QED) is 0.634. The zero-order valence-corrected chi connectivity index (χ0v) is 17.2. The van der Waals surface area contributed by atoms with Crippen molar-refractivity contribution in [2.75, 3.05) is 22.5 Å². The standard InChI is InChI=1S/C18H24ClN5O2S/c1-4-6-10-24-15(20)14(16(25)22-17(24)26)23(5-2)18(27)21-13-9-7-8-12(19)11(13)3/h7-9H,4-6,10,20H2,1-3H3,(H,21,27)(H,22,25,26). The summed E-state index contributed by atoms with van der Waals surface area (Å²) in [5, 5.41) is 4.01. The van der Waals surface area contributed by atoms with E-state index < -0.39 is 11.2 Å². The summed E-state index contributed by atoms with van der Waals surface area (Å²) in [6, 6.07) is 5.44. The lowest BCUT2D eigenvalue weighted by Crippen LogP contribution is -2.42. The second-order valence-corrected chi connectivity index (χ2v) is 6.88. The lowest BCUT2D eigenvalue weighted by atomic mass is 10.2. The molecule has 146 valence electrons. The van der Waals surface area contributed by atoms with E-state index in [-0.39, 0.29) is 11.5 Å². The maximum atomic E-state index is 12.5. The number of hydrogen-bond acceptors (Lipinski definition) is 4. The molecule has 0 spiro atoms. The Hall–Kier alpha value is -2.32. The average molecular weight is 410 g/mol. The van der Waals surface area contributed by atoms with Gasteiger partial charge in [-0.05, 0) is 50.2 Å². The van der Waals surface area contributed by atoms with E-state index in [4.69, 9.17) is 29.6 Å². The molecule has 4 N–H and O–H groups in total. The minimum absolute atomic E-state index is 0.103. The molecule has 0 amide bonds. The van der Waals surface area contributed by atoms with Gasteiger partial charge in [0.2, 0.25) is 0 Å². The van der Waals surface area contributed by atoms with Crippen molar-refractivity contribution in [3.05, 3.63) is 49.6 Å². The van der Waals surface area contributed by atoms with Gasteiger partial charge in [0.25, 0.3) is 5.56 Å². The minimum atomic E-state index is -0.570. The number of thiocarbonyl (C=S) groups is 1. The van der Waals surface area contributed by atoms with E-state index in [9.17, 15) is 9.59 Å². The van der Waals surface area contributed by atoms with Crippen LogP contribution in [0.1, 0.15) is 32.3 Å². The summed E-state index contributed by atoms with van der Waals surface area (Å²) in [7, 11) is 0. The van der Waals surface area contributed by atoms with Crippen molar-refractivity contribution in [3.63, 3.8) is 0 Å². The van der Waals surface area contributed by atoms with Crippen molar-refractivity contribution < 1.29 is 0 Å². The molecule has 0 fully saturated rings. The fraction of sp³-hybridized carbons (Fsp3) is 0.389. The van der Waals surface area contributed by atoms with Gasteiger partial charge in [-0.15, -0.1) is 0 Å². The van der Waals surface area contributed by atoms with E-state index in [2.05, 4.69) is 10.3 Å². The lowest BCUT2D eigenvalue weighted by molar-refractivity contribution is 0.604. The molecule has 0 saturated heterocycles. The van der Waals surface area contributed by atoms with Gasteiger partial charge < -0.3 is 16.0 Å². The van der Waals surface area contributed by atoms with Crippen LogP contribution in [0.3, 0.4) is 0 Å². The lowest BCUT2D eigenvalue weighted by Gasteiger charge is -2.26. The van der Waals surface area contributed by atoms with Crippen molar-refractivity contribution in [2.24, 2.45) is 0 Å². The summed E-state index contributed by atoms with van der Waals surface area (Å²) >= 11 is 11.7. The number of hydrogen-bond donors (Lipinski definition) is 3. The highest BCUT2D eigenvalue weighted by Gasteiger charge is 2.21. The van der Waals surface area contributed by atoms with Crippen LogP contribution in [-0.4, -0.2) is 21.2 Å². The van der Waals surface area contributed by atoms with Crippen LogP contribution in [0.4, 0.5) is 17.2 Å². The topological polar surface area (TPSA) is 96.2 Å². The Kier molecular flexibility index (Phi) is 7.04. The number of benzene rings is 1. The molecule has 1 heterocycles. The second-order valence-electron chi connectivity index (χ2n) is 6.09. The van der Waals surface area contributed by atoms with Gasteiger partial charge in [-0.1, -0.05) is 31.0 Å². The smallest absolute Gasteiger partial charge is 0.330 e. The molecule has 27 heavy (non-hydrogen) atoms. The first-order valence-corrected chi connectivity index (χ1v) is 9.56. The number of H-pyrrole nitrogens is 1. The van der Waals surface area contributed by atoms with Crippen LogP contribution in [0.25, 0.3) is 0 Å². The van der Waals surface area contributed by atoms with Gasteiger partial charge >= 0.3 is 5.69 Å². The Morgan fingerprint density at radius 3 is 2.70 bits per heavy atom. The van der Waals surface area contributed by atoms with E-state index in [1.165, 1.54) is 4.57 Å². The van der Waals surface area contributed by atoms with Crippen molar-refractivity contribution in [1.82, 2.24) is 9.55 Å². The minimum Gasteiger partial charge on any atom is -0.383 e. The molecule has 0 bridgehead atoms. The number of nitrogen functional groups attached to an aromatic ring is 1. The third-order valence-corrected chi connectivity index (χ3v) is 5.02. The highest BCUT2D eigenvalue weighted by Crippen LogP contribution is 2.24. The number of unbranched alkanes of at least 4 members (excludes halogenated alkanes) is 1. The van der Waals surface area contributed by atoms with Crippen molar-refractivity contribution in [2.45, 2.75) is 40.2 Å². The fourth-order valence-corrected chi connectivity index (χ4v) is 3.21. The molecule has 1 aromatic carbocycles. The number of aromatic nitrogens is 2. The zero-order chi connectivity index (χ0) is 20.1. The molecule has 0 aliphatic rings. The SMILES string of the molecule is CCCCn1c(N)c(N(CC)C(=S)Nc2cccc(Cl)c2C)c(=O)[nH]c1=O. The van der Waals surface area contributed by atoms with Crippen molar-refractivity contribution >= 4 is 46.1 Å². The van der Waals surface area contributed by atoms with Gasteiger partial charge in [-0.25, -0.2) is 4.79 Å². The first-order valence-electron chi connectivity index (χ1n) is 8.78. The molecule has 0 radical (unpaired) electrons. The number of aromatic amines is 1. The number of nitrogens with one attached hydrogen (secondary N) is 2. The molecule has 2 aromatic rings.